The molecule has 1 fully saturated rings. The van der Waals surface area contributed by atoms with Crippen molar-refractivity contribution in [3.05, 3.63) is 17.7 Å². The average Bonchev–Trinajstić information content (AvgIpc) is 3.27. The van der Waals surface area contributed by atoms with Crippen molar-refractivity contribution in [3.8, 4) is 11.8 Å². The number of benzene rings is 1. The minimum atomic E-state index is -0.596. The van der Waals surface area contributed by atoms with Crippen molar-refractivity contribution in [3.63, 3.8) is 0 Å². The molecule has 25 heavy (non-hydrogen) atoms. The third-order valence-corrected chi connectivity index (χ3v) is 5.46. The summed E-state index contributed by atoms with van der Waals surface area (Å²) >= 11 is 0. The fraction of sp³-hybridized carbons (Fsp3) is 0.579. The van der Waals surface area contributed by atoms with Crippen LogP contribution < -0.4 is 15.0 Å². The summed E-state index contributed by atoms with van der Waals surface area (Å²) in [5.74, 6) is 0.349. The Morgan fingerprint density at radius 3 is 2.72 bits per heavy atom. The minimum absolute atomic E-state index is 0.0907. The number of hydrogen-bond donors (Lipinski definition) is 1. The Morgan fingerprint density at radius 1 is 1.40 bits per heavy atom. The van der Waals surface area contributed by atoms with Gasteiger partial charge in [-0.25, -0.2) is 0 Å². The molecule has 1 saturated carbocycles. The van der Waals surface area contributed by atoms with E-state index in [0.29, 0.717) is 5.92 Å². The lowest BCUT2D eigenvalue weighted by molar-refractivity contribution is -0.142. The number of rotatable bonds is 5. The molecule has 2 atom stereocenters. The second-order valence-corrected chi connectivity index (χ2v) is 6.76. The van der Waals surface area contributed by atoms with Gasteiger partial charge in [0, 0.05) is 7.05 Å². The molecule has 0 saturated heterocycles. The lowest BCUT2D eigenvalue weighted by Gasteiger charge is -2.29. The Morgan fingerprint density at radius 2 is 2.12 bits per heavy atom. The van der Waals surface area contributed by atoms with Crippen LogP contribution in [0.2, 0.25) is 0 Å². The molecule has 2 unspecified atom stereocenters. The predicted molar refractivity (Wildman–Crippen MR) is 95.8 cm³/mol. The molecule has 2 aliphatic rings. The van der Waals surface area contributed by atoms with Crippen molar-refractivity contribution < 1.29 is 14.3 Å². The first-order valence-electron chi connectivity index (χ1n) is 8.77. The number of methoxy groups -OCH3 is 2. The summed E-state index contributed by atoms with van der Waals surface area (Å²) in [6.45, 7) is 0. The van der Waals surface area contributed by atoms with Crippen LogP contribution in [0, 0.1) is 17.2 Å². The van der Waals surface area contributed by atoms with Crippen LogP contribution in [0.3, 0.4) is 0 Å². The number of fused-ring (bicyclic) bond motifs is 1. The van der Waals surface area contributed by atoms with Gasteiger partial charge in [-0.2, -0.15) is 5.26 Å². The highest BCUT2D eigenvalue weighted by atomic mass is 16.5. The van der Waals surface area contributed by atoms with Gasteiger partial charge in [0.05, 0.1) is 38.3 Å². The highest BCUT2D eigenvalue weighted by Crippen LogP contribution is 2.49. The second kappa shape index (κ2) is 7.22. The molecule has 6 nitrogen and oxygen atoms in total. The summed E-state index contributed by atoms with van der Waals surface area (Å²) in [6.07, 6.45) is 5.20. The third-order valence-electron chi connectivity index (χ3n) is 5.46. The van der Waals surface area contributed by atoms with Gasteiger partial charge in [0.2, 0.25) is 0 Å². The summed E-state index contributed by atoms with van der Waals surface area (Å²) in [4.78, 5) is 14.5. The van der Waals surface area contributed by atoms with Crippen LogP contribution in [0.25, 0.3) is 0 Å². The lowest BCUT2D eigenvalue weighted by Crippen LogP contribution is -2.38. The molecule has 6 heteroatoms. The lowest BCUT2D eigenvalue weighted by atomic mass is 9.93. The molecule has 0 aromatic heterocycles. The third kappa shape index (κ3) is 2.99. The van der Waals surface area contributed by atoms with E-state index in [0.717, 1.165) is 22.7 Å². The molecular formula is C19H25N3O3. The Labute approximate surface area is 148 Å². The van der Waals surface area contributed by atoms with Crippen LogP contribution in [-0.4, -0.2) is 33.4 Å². The van der Waals surface area contributed by atoms with E-state index in [1.165, 1.54) is 32.8 Å². The molecule has 0 spiro atoms. The number of carbonyl (C=O) groups is 1. The van der Waals surface area contributed by atoms with Crippen molar-refractivity contribution in [2.24, 2.45) is 5.92 Å². The first-order valence-corrected chi connectivity index (χ1v) is 8.77. The van der Waals surface area contributed by atoms with Gasteiger partial charge in [-0.1, -0.05) is 18.9 Å². The van der Waals surface area contributed by atoms with E-state index in [2.05, 4.69) is 16.3 Å². The maximum Gasteiger partial charge on any atom is 0.314 e. The first kappa shape index (κ1) is 17.4. The number of anilines is 2. The zero-order valence-corrected chi connectivity index (χ0v) is 15.0. The van der Waals surface area contributed by atoms with Gasteiger partial charge in [-0.3, -0.25) is 4.79 Å². The largest absolute Gasteiger partial charge is 0.495 e. The summed E-state index contributed by atoms with van der Waals surface area (Å²) in [5.41, 5.74) is 2.67. The van der Waals surface area contributed by atoms with Crippen molar-refractivity contribution in [1.82, 2.24) is 0 Å². The molecule has 1 aromatic rings. The summed E-state index contributed by atoms with van der Waals surface area (Å²) in [5, 5.41) is 12.8. The zero-order chi connectivity index (χ0) is 18.0. The van der Waals surface area contributed by atoms with Crippen LogP contribution in [0.1, 0.15) is 43.6 Å². The normalized spacial score (nSPS) is 20.6. The maximum absolute atomic E-state index is 12.3. The number of nitrogens with one attached hydrogen (secondary N) is 1. The number of hydrogen-bond acceptors (Lipinski definition) is 6. The van der Waals surface area contributed by atoms with Crippen molar-refractivity contribution in [2.75, 3.05) is 31.5 Å². The monoisotopic (exact) mass is 343 g/mol. The SMILES string of the molecule is COC(=O)C(CC#N)c1ccc(OC)c2c1N(C)C(C1CCCC1)N2. The maximum atomic E-state index is 12.3. The van der Waals surface area contributed by atoms with Gasteiger partial charge in [0.25, 0.3) is 0 Å². The fourth-order valence-electron chi connectivity index (χ4n) is 4.20. The standard InChI is InChI=1S/C19H25N3O3/c1-22-17-13(14(10-11-20)19(23)25-3)8-9-15(24-2)16(17)21-18(22)12-6-4-5-7-12/h8-9,12,14,18,21H,4-7,10H2,1-3H3. The van der Waals surface area contributed by atoms with E-state index in [4.69, 9.17) is 9.47 Å². The Bertz CT molecular complexity index is 692. The van der Waals surface area contributed by atoms with Gasteiger partial charge < -0.3 is 19.7 Å². The number of nitrogens with zero attached hydrogens (tertiary/aromatic N) is 2. The van der Waals surface area contributed by atoms with E-state index in [-0.39, 0.29) is 18.6 Å². The highest BCUT2D eigenvalue weighted by Gasteiger charge is 2.39. The molecule has 1 N–H and O–H groups in total. The number of carbonyl (C=O) groups excluding carboxylic acids is 1. The van der Waals surface area contributed by atoms with Gasteiger partial charge >= 0.3 is 5.97 Å². The predicted octanol–water partition coefficient (Wildman–Crippen LogP) is 3.24. The number of esters is 1. The van der Waals surface area contributed by atoms with Gasteiger partial charge in [0.15, 0.2) is 0 Å². The Balaban J connectivity index is 2.05. The topological polar surface area (TPSA) is 74.6 Å². The van der Waals surface area contributed by atoms with E-state index in [1.807, 2.05) is 19.2 Å². The van der Waals surface area contributed by atoms with E-state index < -0.39 is 5.92 Å². The molecule has 1 aliphatic carbocycles. The molecule has 1 heterocycles. The number of ether oxygens (including phenoxy) is 2. The van der Waals surface area contributed by atoms with E-state index >= 15 is 0 Å². The zero-order valence-electron chi connectivity index (χ0n) is 15.0. The molecule has 1 aliphatic heterocycles. The molecule has 0 bridgehead atoms. The minimum Gasteiger partial charge on any atom is -0.495 e. The highest BCUT2D eigenvalue weighted by molar-refractivity contribution is 5.89. The van der Waals surface area contributed by atoms with Crippen molar-refractivity contribution in [2.45, 2.75) is 44.2 Å². The smallest absolute Gasteiger partial charge is 0.314 e. The van der Waals surface area contributed by atoms with Crippen LogP contribution in [0.4, 0.5) is 11.4 Å². The summed E-state index contributed by atoms with van der Waals surface area (Å²) < 4.78 is 10.5. The van der Waals surface area contributed by atoms with Gasteiger partial charge in [0.1, 0.15) is 17.6 Å². The summed E-state index contributed by atoms with van der Waals surface area (Å²) in [7, 11) is 5.05. The molecule has 0 amide bonds. The Hall–Kier alpha value is -2.42. The molecule has 0 radical (unpaired) electrons. The van der Waals surface area contributed by atoms with E-state index in [9.17, 15) is 10.1 Å². The molecule has 3 rings (SSSR count). The molecule has 134 valence electrons. The second-order valence-electron chi connectivity index (χ2n) is 6.76. The summed E-state index contributed by atoms with van der Waals surface area (Å²) in [6, 6.07) is 5.85. The van der Waals surface area contributed by atoms with Crippen molar-refractivity contribution >= 4 is 17.3 Å². The molecular weight excluding hydrogens is 318 g/mol. The van der Waals surface area contributed by atoms with Gasteiger partial charge in [-0.05, 0) is 30.4 Å². The van der Waals surface area contributed by atoms with Crippen molar-refractivity contribution in [1.29, 1.82) is 5.26 Å². The van der Waals surface area contributed by atoms with Crippen LogP contribution >= 0.6 is 0 Å². The number of nitriles is 1. The van der Waals surface area contributed by atoms with E-state index in [1.54, 1.807) is 7.11 Å². The van der Waals surface area contributed by atoms with Crippen LogP contribution in [0.5, 0.6) is 5.75 Å². The quantitative estimate of drug-likeness (QED) is 0.827. The average molecular weight is 343 g/mol. The fourth-order valence-corrected chi connectivity index (χ4v) is 4.20. The van der Waals surface area contributed by atoms with Crippen LogP contribution in [-0.2, 0) is 9.53 Å². The van der Waals surface area contributed by atoms with Gasteiger partial charge in [-0.15, -0.1) is 0 Å². The Kier molecular flexibility index (Phi) is 5.03. The first-order chi connectivity index (χ1) is 12.1. The van der Waals surface area contributed by atoms with Crippen LogP contribution in [0.15, 0.2) is 12.1 Å². The molecule has 1 aromatic carbocycles.